The molecule has 4 atom stereocenters. The molecule has 1 amide bonds. The summed E-state index contributed by atoms with van der Waals surface area (Å²) >= 11 is 0. The number of nitro groups is 1. The largest absolute Gasteiger partial charge is 0.471 e. The Kier molecular flexibility index (Phi) is 9.24. The molecule has 0 spiro atoms. The molecule has 2 heterocycles. The Morgan fingerprint density at radius 1 is 1.41 bits per heavy atom. The van der Waals surface area contributed by atoms with Crippen molar-refractivity contribution in [3.05, 3.63) is 72.0 Å². The van der Waals surface area contributed by atoms with E-state index in [4.69, 9.17) is 9.47 Å². The molecule has 13 nitrogen and oxygen atoms in total. The number of hydrogen-bond acceptors (Lipinski definition) is 9. The third-order valence-corrected chi connectivity index (χ3v) is 5.72. The molecule has 210 valence electrons. The second kappa shape index (κ2) is 12.2. The van der Waals surface area contributed by atoms with Gasteiger partial charge in [0.25, 0.3) is 11.2 Å². The van der Waals surface area contributed by atoms with Gasteiger partial charge in [0.15, 0.2) is 0 Å². The average molecular weight is 556 g/mol. The summed E-state index contributed by atoms with van der Waals surface area (Å²) in [6, 6.07) is 3.78. The van der Waals surface area contributed by atoms with E-state index in [0.717, 1.165) is 10.6 Å². The van der Waals surface area contributed by atoms with Gasteiger partial charge >= 0.3 is 17.8 Å². The Morgan fingerprint density at radius 2 is 2.13 bits per heavy atom. The van der Waals surface area contributed by atoms with Crippen LogP contribution in [0.1, 0.15) is 42.4 Å². The maximum atomic E-state index is 12.3. The topological polar surface area (TPSA) is 186 Å². The van der Waals surface area contributed by atoms with E-state index in [1.165, 1.54) is 25.3 Å². The van der Waals surface area contributed by atoms with E-state index in [9.17, 15) is 47.9 Å². The Labute approximate surface area is 217 Å². The van der Waals surface area contributed by atoms with Crippen molar-refractivity contribution in [2.75, 3.05) is 13.2 Å². The van der Waals surface area contributed by atoms with Gasteiger partial charge in [0.1, 0.15) is 12.3 Å². The number of carbonyl (C=O) groups is 1. The van der Waals surface area contributed by atoms with Crippen molar-refractivity contribution in [2.24, 2.45) is 0 Å². The molecule has 2 aromatic rings. The molecule has 0 bridgehead atoms. The minimum atomic E-state index is -5.06. The third kappa shape index (κ3) is 7.29. The van der Waals surface area contributed by atoms with Crippen molar-refractivity contribution in [1.82, 2.24) is 14.9 Å². The van der Waals surface area contributed by atoms with Gasteiger partial charge in [-0.3, -0.25) is 29.3 Å². The number of nitrogens with one attached hydrogen (secondary N) is 2. The lowest BCUT2D eigenvalue weighted by atomic mass is 10.1. The zero-order chi connectivity index (χ0) is 28.9. The van der Waals surface area contributed by atoms with Crippen molar-refractivity contribution >= 4 is 11.6 Å². The van der Waals surface area contributed by atoms with Crippen LogP contribution in [-0.4, -0.2) is 62.1 Å². The number of aromatic amines is 1. The number of amides is 1. The van der Waals surface area contributed by atoms with Gasteiger partial charge in [-0.1, -0.05) is 11.8 Å². The van der Waals surface area contributed by atoms with Crippen LogP contribution in [0.15, 0.2) is 34.0 Å². The summed E-state index contributed by atoms with van der Waals surface area (Å²) in [6.45, 7) is 0.0105. The van der Waals surface area contributed by atoms with Crippen LogP contribution in [0.2, 0.25) is 0 Å². The van der Waals surface area contributed by atoms with Crippen molar-refractivity contribution in [1.29, 1.82) is 0 Å². The van der Waals surface area contributed by atoms with Gasteiger partial charge in [-0.2, -0.15) is 13.2 Å². The fraction of sp³-hybridized carbons (Fsp3) is 0.435. The number of aromatic nitrogens is 2. The molecule has 16 heteroatoms. The summed E-state index contributed by atoms with van der Waals surface area (Å²) in [5, 5.41) is 32.3. The summed E-state index contributed by atoms with van der Waals surface area (Å²) in [5.74, 6) is 2.53. The van der Waals surface area contributed by atoms with E-state index in [1.807, 2.05) is 0 Å². The first-order chi connectivity index (χ1) is 18.3. The van der Waals surface area contributed by atoms with Crippen LogP contribution in [0.5, 0.6) is 0 Å². The van der Waals surface area contributed by atoms with Crippen LogP contribution in [0, 0.1) is 22.0 Å². The number of H-pyrrole nitrogens is 1. The Balaban J connectivity index is 1.73. The summed E-state index contributed by atoms with van der Waals surface area (Å²) in [4.78, 5) is 48.4. The molecule has 1 aromatic heterocycles. The van der Waals surface area contributed by atoms with Crippen molar-refractivity contribution < 1.29 is 42.6 Å². The van der Waals surface area contributed by atoms with Gasteiger partial charge in [-0.25, -0.2) is 4.79 Å². The molecule has 3 rings (SSSR count). The van der Waals surface area contributed by atoms with Gasteiger partial charge < -0.3 is 25.0 Å². The van der Waals surface area contributed by atoms with Crippen molar-refractivity contribution in [3.8, 4) is 11.8 Å². The van der Waals surface area contributed by atoms with Crippen LogP contribution >= 0.6 is 0 Å². The van der Waals surface area contributed by atoms with Gasteiger partial charge in [-0.15, -0.1) is 0 Å². The highest BCUT2D eigenvalue weighted by Gasteiger charge is 2.38. The van der Waals surface area contributed by atoms with Crippen molar-refractivity contribution in [2.45, 2.75) is 50.7 Å². The van der Waals surface area contributed by atoms with Crippen LogP contribution in [0.4, 0.5) is 18.9 Å². The molecule has 2 unspecified atom stereocenters. The monoisotopic (exact) mass is 556 g/mol. The number of hydrogen-bond donors (Lipinski definition) is 4. The lowest BCUT2D eigenvalue weighted by Crippen LogP contribution is -2.36. The smallest absolute Gasteiger partial charge is 0.394 e. The minimum absolute atomic E-state index is 0.00991. The Hall–Kier alpha value is -4.04. The summed E-state index contributed by atoms with van der Waals surface area (Å²) in [5.41, 5.74) is -1.79. The first kappa shape index (κ1) is 29.5. The second-order valence-electron chi connectivity index (χ2n) is 8.40. The van der Waals surface area contributed by atoms with Gasteiger partial charge in [0, 0.05) is 24.2 Å². The second-order valence-corrected chi connectivity index (χ2v) is 8.40. The van der Waals surface area contributed by atoms with E-state index < -0.39 is 71.6 Å². The number of alkyl halides is 3. The number of nitro benzene ring substituents is 1. The lowest BCUT2D eigenvalue weighted by Gasteiger charge is -2.17. The normalized spacial score (nSPS) is 19.7. The fourth-order valence-corrected chi connectivity index (χ4v) is 3.69. The van der Waals surface area contributed by atoms with Gasteiger partial charge in [-0.05, 0) is 19.1 Å². The molecule has 1 fully saturated rings. The van der Waals surface area contributed by atoms with E-state index in [2.05, 4.69) is 16.8 Å². The molecule has 0 saturated carbocycles. The molecule has 0 aliphatic carbocycles. The first-order valence-corrected chi connectivity index (χ1v) is 11.3. The van der Waals surface area contributed by atoms with Crippen LogP contribution in [0.3, 0.4) is 0 Å². The molecule has 4 N–H and O–H groups in total. The highest BCUT2D eigenvalue weighted by Crippen LogP contribution is 2.30. The number of aliphatic hydroxyl groups excluding tert-OH is 2. The average Bonchev–Trinajstić information content (AvgIpc) is 3.25. The van der Waals surface area contributed by atoms with E-state index >= 15 is 0 Å². The molecular formula is C23H23F3N4O9. The minimum Gasteiger partial charge on any atom is -0.394 e. The molecular weight excluding hydrogens is 533 g/mol. The van der Waals surface area contributed by atoms with Crippen molar-refractivity contribution in [3.63, 3.8) is 0 Å². The highest BCUT2D eigenvalue weighted by molar-refractivity contribution is 5.81. The first-order valence-electron chi connectivity index (χ1n) is 11.3. The lowest BCUT2D eigenvalue weighted by molar-refractivity contribution is -0.386. The number of halogens is 3. The Bertz CT molecular complexity index is 1410. The summed E-state index contributed by atoms with van der Waals surface area (Å²) in [7, 11) is 0. The highest BCUT2D eigenvalue weighted by atomic mass is 19.4. The molecule has 1 aliphatic heterocycles. The molecule has 39 heavy (non-hydrogen) atoms. The number of ether oxygens (including phenoxy) is 2. The standard InChI is InChI=1S/C23H23F3N4O9/c1-12(15-5-4-13(7-16(15)30(36)37)3-2-6-27-21(34)23(24,25)26)38-11-14-9-29(22(35)28-20(14)33)19-8-17(32)18(10-31)39-19/h4-5,7,9,12,17-19,31-32H,6,8,10-11H2,1H3,(H,27,34)(H,28,33,35)/t12?,17?,18-,19-/m0/s1. The predicted octanol–water partition coefficient (Wildman–Crippen LogP) is 0.393. The number of rotatable bonds is 8. The zero-order valence-electron chi connectivity index (χ0n) is 20.2. The van der Waals surface area contributed by atoms with E-state index in [-0.39, 0.29) is 29.7 Å². The maximum absolute atomic E-state index is 12.3. The SMILES string of the molecule is CC(OCc1cn([C@@H]2CC(O)[C@H](CO)O2)c(=O)[nH]c1=O)c1ccc(C#CCNC(=O)C(F)(F)F)cc1[N+](=O)[O-]. The van der Waals surface area contributed by atoms with Gasteiger partial charge in [0.2, 0.25) is 0 Å². The van der Waals surface area contributed by atoms with E-state index in [1.54, 1.807) is 5.32 Å². The predicted molar refractivity (Wildman–Crippen MR) is 125 cm³/mol. The maximum Gasteiger partial charge on any atom is 0.471 e. The van der Waals surface area contributed by atoms with Gasteiger partial charge in [0.05, 0.1) is 48.0 Å². The molecule has 1 aliphatic rings. The number of carbonyl (C=O) groups excluding carboxylic acids is 1. The molecule has 0 radical (unpaired) electrons. The molecule has 1 saturated heterocycles. The zero-order valence-corrected chi connectivity index (χ0v) is 20.2. The van der Waals surface area contributed by atoms with Crippen LogP contribution in [0.25, 0.3) is 0 Å². The number of benzene rings is 1. The fourth-order valence-electron chi connectivity index (χ4n) is 3.69. The Morgan fingerprint density at radius 3 is 2.74 bits per heavy atom. The molecule has 1 aromatic carbocycles. The number of nitrogens with zero attached hydrogens (tertiary/aromatic N) is 2. The number of aliphatic hydroxyl groups is 2. The van der Waals surface area contributed by atoms with Crippen LogP contribution < -0.4 is 16.6 Å². The summed E-state index contributed by atoms with van der Waals surface area (Å²) in [6.07, 6.45) is -7.70. The quantitative estimate of drug-likeness (QED) is 0.203. The third-order valence-electron chi connectivity index (χ3n) is 5.72. The van der Waals surface area contributed by atoms with E-state index in [0.29, 0.717) is 0 Å². The summed E-state index contributed by atoms with van der Waals surface area (Å²) < 4.78 is 48.7. The van der Waals surface area contributed by atoms with Crippen LogP contribution in [-0.2, 0) is 20.9 Å².